The van der Waals surface area contributed by atoms with E-state index in [9.17, 15) is 22.8 Å². The predicted molar refractivity (Wildman–Crippen MR) is 121 cm³/mol. The van der Waals surface area contributed by atoms with Gasteiger partial charge in [-0.15, -0.1) is 0 Å². The number of urea groups is 1. The first kappa shape index (κ1) is 22.0. The van der Waals surface area contributed by atoms with Gasteiger partial charge >= 0.3 is 12.2 Å². The zero-order valence-corrected chi connectivity index (χ0v) is 19.1. The van der Waals surface area contributed by atoms with Crippen LogP contribution in [0.3, 0.4) is 0 Å². The molecule has 3 amide bonds. The standard InChI is InChI=1S/C24H25F3N6O2/c1-30-7-8-32-20(30)19(12-28-32)21(34)31-13-23(14-31)10-18(11-23)33(17-5-6-17)22(35)29-16-4-2-3-15(9-16)24(25,26)27/h2-4,7-9,12,17-18H,5-6,10-11,13-14H2,1H3,(H,29,35). The summed E-state index contributed by atoms with van der Waals surface area (Å²) >= 11 is 0. The van der Waals surface area contributed by atoms with Gasteiger partial charge in [-0.1, -0.05) is 6.07 Å². The second-order valence-electron chi connectivity index (χ2n) is 10.1. The molecule has 1 aromatic carbocycles. The molecule has 2 aromatic heterocycles. The van der Waals surface area contributed by atoms with Crippen LogP contribution in [0.2, 0.25) is 0 Å². The highest BCUT2D eigenvalue weighted by Gasteiger charge is 2.57. The fraction of sp³-hybridized carbons (Fsp3) is 0.458. The maximum atomic E-state index is 13.0. The van der Waals surface area contributed by atoms with E-state index in [1.807, 2.05) is 22.7 Å². The van der Waals surface area contributed by atoms with E-state index in [1.54, 1.807) is 21.8 Å². The second kappa shape index (κ2) is 7.50. The van der Waals surface area contributed by atoms with Gasteiger partial charge < -0.3 is 19.7 Å². The molecule has 0 unspecified atom stereocenters. The van der Waals surface area contributed by atoms with Crippen molar-refractivity contribution in [2.45, 2.75) is 43.9 Å². The number of anilines is 1. The van der Waals surface area contributed by atoms with Crippen LogP contribution in [0.25, 0.3) is 5.65 Å². The molecular formula is C24H25F3N6O2. The van der Waals surface area contributed by atoms with Crippen LogP contribution in [0, 0.1) is 5.41 Å². The summed E-state index contributed by atoms with van der Waals surface area (Å²) in [7, 11) is 1.87. The molecule has 35 heavy (non-hydrogen) atoms. The number of carbonyl (C=O) groups is 2. The summed E-state index contributed by atoms with van der Waals surface area (Å²) in [6, 6.07) is 4.51. The van der Waals surface area contributed by atoms with Crippen LogP contribution in [-0.2, 0) is 13.2 Å². The number of hydrogen-bond acceptors (Lipinski definition) is 3. The normalized spacial score (nSPS) is 19.5. The number of benzene rings is 1. The number of alkyl halides is 3. The van der Waals surface area contributed by atoms with Gasteiger partial charge in [0.1, 0.15) is 11.2 Å². The molecule has 0 bridgehead atoms. The minimum atomic E-state index is -4.46. The number of nitrogens with one attached hydrogen (secondary N) is 1. The third kappa shape index (κ3) is 3.73. The van der Waals surface area contributed by atoms with E-state index in [0.29, 0.717) is 18.7 Å². The molecular weight excluding hydrogens is 461 g/mol. The third-order valence-electron chi connectivity index (χ3n) is 7.45. The lowest BCUT2D eigenvalue weighted by molar-refractivity contribution is -0.137. The van der Waals surface area contributed by atoms with Gasteiger partial charge in [-0.3, -0.25) is 4.79 Å². The average Bonchev–Trinajstić information content (AvgIpc) is 3.38. The van der Waals surface area contributed by atoms with Gasteiger partial charge in [-0.05, 0) is 43.9 Å². The van der Waals surface area contributed by atoms with Crippen LogP contribution >= 0.6 is 0 Å². The predicted octanol–water partition coefficient (Wildman–Crippen LogP) is 3.99. The average molecular weight is 486 g/mol. The number of aryl methyl sites for hydroxylation is 1. The highest BCUT2D eigenvalue weighted by atomic mass is 19.4. The number of rotatable bonds is 4. The van der Waals surface area contributed by atoms with Crippen molar-refractivity contribution in [1.82, 2.24) is 24.0 Å². The van der Waals surface area contributed by atoms with E-state index in [4.69, 9.17) is 0 Å². The second-order valence-corrected chi connectivity index (χ2v) is 10.1. The number of carbonyl (C=O) groups excluding carboxylic acids is 2. The lowest BCUT2D eigenvalue weighted by atomic mass is 9.60. The minimum Gasteiger partial charge on any atom is -0.337 e. The zero-order chi connectivity index (χ0) is 24.5. The van der Waals surface area contributed by atoms with E-state index in [2.05, 4.69) is 10.4 Å². The Morgan fingerprint density at radius 3 is 2.57 bits per heavy atom. The highest BCUT2D eigenvalue weighted by Crippen LogP contribution is 2.52. The summed E-state index contributed by atoms with van der Waals surface area (Å²) in [6.07, 6.45) is 4.17. The Bertz CT molecular complexity index is 1310. The van der Waals surface area contributed by atoms with Gasteiger partial charge in [0.15, 0.2) is 0 Å². The molecule has 3 aromatic rings. The Balaban J connectivity index is 1.09. The fourth-order valence-electron chi connectivity index (χ4n) is 5.62. The number of fused-ring (bicyclic) bond motifs is 1. The monoisotopic (exact) mass is 486 g/mol. The maximum absolute atomic E-state index is 13.0. The molecule has 3 fully saturated rings. The Morgan fingerprint density at radius 1 is 1.14 bits per heavy atom. The van der Waals surface area contributed by atoms with E-state index in [0.717, 1.165) is 43.5 Å². The van der Waals surface area contributed by atoms with Crippen molar-refractivity contribution in [3.63, 3.8) is 0 Å². The van der Waals surface area contributed by atoms with Crippen LogP contribution in [0.4, 0.5) is 23.7 Å². The van der Waals surface area contributed by atoms with Crippen molar-refractivity contribution < 1.29 is 22.8 Å². The van der Waals surface area contributed by atoms with Crippen molar-refractivity contribution in [2.75, 3.05) is 18.4 Å². The number of hydrogen-bond donors (Lipinski definition) is 1. The molecule has 1 saturated heterocycles. The van der Waals surface area contributed by atoms with Crippen LogP contribution in [0.5, 0.6) is 0 Å². The molecule has 1 aliphatic heterocycles. The molecule has 2 saturated carbocycles. The van der Waals surface area contributed by atoms with Crippen LogP contribution in [0.1, 0.15) is 41.6 Å². The summed E-state index contributed by atoms with van der Waals surface area (Å²) in [6.45, 7) is 1.27. The number of amides is 3. The van der Waals surface area contributed by atoms with Gasteiger partial charge in [0, 0.05) is 55.7 Å². The summed E-state index contributed by atoms with van der Waals surface area (Å²) < 4.78 is 42.6. The summed E-state index contributed by atoms with van der Waals surface area (Å²) in [5.41, 5.74) is 0.681. The number of aromatic nitrogens is 3. The minimum absolute atomic E-state index is 0.00440. The number of halogens is 3. The largest absolute Gasteiger partial charge is 0.416 e. The van der Waals surface area contributed by atoms with E-state index in [-0.39, 0.29) is 35.1 Å². The summed E-state index contributed by atoms with van der Waals surface area (Å²) in [5.74, 6) is -0.0442. The summed E-state index contributed by atoms with van der Waals surface area (Å²) in [4.78, 5) is 29.7. The van der Waals surface area contributed by atoms with Crippen molar-refractivity contribution in [3.05, 3.63) is 54.0 Å². The molecule has 184 valence electrons. The van der Waals surface area contributed by atoms with E-state index < -0.39 is 11.7 Å². The van der Waals surface area contributed by atoms with E-state index >= 15 is 0 Å². The molecule has 3 aliphatic rings. The first-order chi connectivity index (χ1) is 16.6. The number of likely N-dealkylation sites (tertiary alicyclic amines) is 1. The molecule has 8 nitrogen and oxygen atoms in total. The van der Waals surface area contributed by atoms with Gasteiger partial charge in [-0.2, -0.15) is 18.3 Å². The van der Waals surface area contributed by atoms with Gasteiger partial charge in [0.05, 0.1) is 11.8 Å². The third-order valence-corrected chi connectivity index (χ3v) is 7.45. The van der Waals surface area contributed by atoms with Crippen LogP contribution in [-0.4, -0.2) is 61.1 Å². The fourth-order valence-corrected chi connectivity index (χ4v) is 5.62. The molecule has 6 rings (SSSR count). The Morgan fingerprint density at radius 2 is 1.89 bits per heavy atom. The Hall–Kier alpha value is -3.50. The number of imidazole rings is 1. The number of nitrogens with zero attached hydrogens (tertiary/aromatic N) is 5. The van der Waals surface area contributed by atoms with Gasteiger partial charge in [0.2, 0.25) is 0 Å². The van der Waals surface area contributed by atoms with Crippen molar-refractivity contribution in [2.24, 2.45) is 12.5 Å². The topological polar surface area (TPSA) is 74.9 Å². The highest BCUT2D eigenvalue weighted by molar-refractivity contribution is 6.00. The molecule has 1 spiro atoms. The first-order valence-electron chi connectivity index (χ1n) is 11.7. The maximum Gasteiger partial charge on any atom is 0.416 e. The quantitative estimate of drug-likeness (QED) is 0.606. The van der Waals surface area contributed by atoms with Gasteiger partial charge in [-0.25, -0.2) is 9.31 Å². The van der Waals surface area contributed by atoms with E-state index in [1.165, 1.54) is 12.1 Å². The SMILES string of the molecule is Cn1ccn2ncc(C(=O)N3CC4(CC(N(C(=O)Nc5cccc(C(F)(F)F)c5)C5CC5)C4)C3)c12. The lowest BCUT2D eigenvalue weighted by Crippen LogP contribution is -2.68. The molecule has 0 radical (unpaired) electrons. The Kier molecular flexibility index (Phi) is 4.71. The molecule has 3 heterocycles. The van der Waals surface area contributed by atoms with Crippen LogP contribution in [0.15, 0.2) is 42.9 Å². The molecule has 1 N–H and O–H groups in total. The molecule has 11 heteroatoms. The zero-order valence-electron chi connectivity index (χ0n) is 19.1. The summed E-state index contributed by atoms with van der Waals surface area (Å²) in [5, 5.41) is 6.91. The lowest BCUT2D eigenvalue weighted by Gasteiger charge is -2.60. The van der Waals surface area contributed by atoms with Crippen molar-refractivity contribution in [1.29, 1.82) is 0 Å². The van der Waals surface area contributed by atoms with Crippen molar-refractivity contribution >= 4 is 23.3 Å². The van der Waals surface area contributed by atoms with Crippen LogP contribution < -0.4 is 5.32 Å². The van der Waals surface area contributed by atoms with Gasteiger partial charge in [0.25, 0.3) is 5.91 Å². The Labute approximate surface area is 199 Å². The molecule has 0 atom stereocenters. The smallest absolute Gasteiger partial charge is 0.337 e. The van der Waals surface area contributed by atoms with Crippen molar-refractivity contribution in [3.8, 4) is 0 Å². The molecule has 2 aliphatic carbocycles. The first-order valence-corrected chi connectivity index (χ1v) is 11.7.